The van der Waals surface area contributed by atoms with Gasteiger partial charge in [-0.25, -0.2) is 9.78 Å². The monoisotopic (exact) mass is 293 g/mol. The third kappa shape index (κ3) is 1.37. The van der Waals surface area contributed by atoms with Crippen LogP contribution in [0.3, 0.4) is 0 Å². The second-order valence-corrected chi connectivity index (χ2v) is 4.71. The Balaban J connectivity index is 2.47. The van der Waals surface area contributed by atoms with Gasteiger partial charge in [-0.05, 0) is 18.2 Å². The molecule has 1 N–H and O–H groups in total. The minimum atomic E-state index is -0.957. The lowest BCUT2D eigenvalue weighted by molar-refractivity contribution is 0.0687. The van der Waals surface area contributed by atoms with Crippen LogP contribution in [0.5, 0.6) is 0 Å². The molecule has 0 bridgehead atoms. The summed E-state index contributed by atoms with van der Waals surface area (Å²) in [7, 11) is 1.69. The van der Waals surface area contributed by atoms with E-state index in [1.54, 1.807) is 22.2 Å². The Morgan fingerprint density at radius 1 is 1.47 bits per heavy atom. The smallest absolute Gasteiger partial charge is 0.354 e. The van der Waals surface area contributed by atoms with Gasteiger partial charge in [-0.2, -0.15) is 0 Å². The summed E-state index contributed by atoms with van der Waals surface area (Å²) in [4.78, 5) is 15.4. The molecule has 0 aliphatic rings. The number of hydrogen-bond donors (Lipinski definition) is 1. The molecule has 86 valence electrons. The molecule has 0 saturated carbocycles. The zero-order chi connectivity index (χ0) is 12.2. The third-order valence-electron chi connectivity index (χ3n) is 2.76. The van der Waals surface area contributed by atoms with E-state index in [1.165, 1.54) is 0 Å². The number of carboxylic acid groups (broad SMARTS) is 1. The van der Waals surface area contributed by atoms with Crippen LogP contribution < -0.4 is 0 Å². The number of aromatic nitrogens is 3. The molecule has 3 rings (SSSR count). The quantitative estimate of drug-likeness (QED) is 0.749. The van der Waals surface area contributed by atoms with Crippen LogP contribution in [0.25, 0.3) is 16.8 Å². The van der Waals surface area contributed by atoms with Crippen molar-refractivity contribution in [1.82, 2.24) is 14.0 Å². The van der Waals surface area contributed by atoms with E-state index in [4.69, 9.17) is 5.11 Å². The third-order valence-corrected chi connectivity index (χ3v) is 3.26. The first-order valence-electron chi connectivity index (χ1n) is 4.94. The number of benzene rings is 1. The maximum absolute atomic E-state index is 11.0. The molecule has 5 nitrogen and oxygen atoms in total. The van der Waals surface area contributed by atoms with Crippen LogP contribution in [0.4, 0.5) is 0 Å². The second-order valence-electron chi connectivity index (χ2n) is 3.79. The Hall–Kier alpha value is -1.82. The first-order chi connectivity index (χ1) is 8.08. The van der Waals surface area contributed by atoms with Crippen molar-refractivity contribution >= 4 is 38.7 Å². The van der Waals surface area contributed by atoms with E-state index >= 15 is 0 Å². The number of carbonyl (C=O) groups is 1. The van der Waals surface area contributed by atoms with E-state index < -0.39 is 5.97 Å². The summed E-state index contributed by atoms with van der Waals surface area (Å²) in [6.07, 6.45) is 1.58. The van der Waals surface area contributed by atoms with Crippen molar-refractivity contribution in [3.63, 3.8) is 0 Å². The fourth-order valence-electron chi connectivity index (χ4n) is 1.93. The average Bonchev–Trinajstić information content (AvgIpc) is 2.77. The fourth-order valence-corrected chi connectivity index (χ4v) is 2.28. The Kier molecular flexibility index (Phi) is 2.03. The van der Waals surface area contributed by atoms with Gasteiger partial charge < -0.3 is 9.67 Å². The Bertz CT molecular complexity index is 757. The van der Waals surface area contributed by atoms with E-state index in [9.17, 15) is 4.79 Å². The van der Waals surface area contributed by atoms with E-state index in [-0.39, 0.29) is 5.69 Å². The first kappa shape index (κ1) is 10.3. The normalized spacial score (nSPS) is 11.4. The summed E-state index contributed by atoms with van der Waals surface area (Å²) in [5.41, 5.74) is 1.95. The van der Waals surface area contributed by atoms with Gasteiger partial charge in [0.25, 0.3) is 0 Å². The van der Waals surface area contributed by atoms with E-state index in [1.807, 2.05) is 18.2 Å². The molecule has 0 spiro atoms. The molecular weight excluding hydrogens is 286 g/mol. The minimum Gasteiger partial charge on any atom is -0.477 e. The van der Waals surface area contributed by atoms with Crippen molar-refractivity contribution in [2.75, 3.05) is 0 Å². The van der Waals surface area contributed by atoms with Gasteiger partial charge in [-0.1, -0.05) is 15.9 Å². The van der Waals surface area contributed by atoms with Gasteiger partial charge in [0.1, 0.15) is 5.69 Å². The lowest BCUT2D eigenvalue weighted by Gasteiger charge is -1.94. The number of carboxylic acids is 1. The molecule has 0 radical (unpaired) electrons. The Morgan fingerprint density at radius 2 is 2.24 bits per heavy atom. The summed E-state index contributed by atoms with van der Waals surface area (Å²) >= 11 is 3.39. The predicted molar refractivity (Wildman–Crippen MR) is 66.3 cm³/mol. The fraction of sp³-hybridized carbons (Fsp3) is 0.0909. The highest BCUT2D eigenvalue weighted by Gasteiger charge is 2.15. The summed E-state index contributed by atoms with van der Waals surface area (Å²) < 4.78 is 4.28. The molecule has 6 heteroatoms. The number of fused-ring (bicyclic) bond motifs is 3. The Morgan fingerprint density at radius 3 is 2.94 bits per heavy atom. The van der Waals surface area contributed by atoms with E-state index in [0.29, 0.717) is 5.78 Å². The molecule has 1 aromatic carbocycles. The molecule has 0 fully saturated rings. The van der Waals surface area contributed by atoms with Gasteiger partial charge in [0.15, 0.2) is 0 Å². The van der Waals surface area contributed by atoms with Crippen molar-refractivity contribution in [2.45, 2.75) is 0 Å². The number of rotatable bonds is 1. The molecule has 2 aromatic heterocycles. The van der Waals surface area contributed by atoms with E-state index in [2.05, 4.69) is 20.9 Å². The van der Waals surface area contributed by atoms with Crippen molar-refractivity contribution in [1.29, 1.82) is 0 Å². The number of nitrogens with zero attached hydrogens (tertiary/aromatic N) is 3. The highest BCUT2D eigenvalue weighted by Crippen LogP contribution is 2.22. The zero-order valence-corrected chi connectivity index (χ0v) is 10.5. The van der Waals surface area contributed by atoms with Crippen LogP contribution in [0.15, 0.2) is 28.9 Å². The minimum absolute atomic E-state index is 0.217. The topological polar surface area (TPSA) is 59.5 Å². The molecule has 17 heavy (non-hydrogen) atoms. The average molecular weight is 294 g/mol. The molecule has 2 heterocycles. The lowest BCUT2D eigenvalue weighted by Crippen LogP contribution is -2.03. The maximum Gasteiger partial charge on any atom is 0.354 e. The molecule has 0 unspecified atom stereocenters. The second kappa shape index (κ2) is 3.33. The van der Waals surface area contributed by atoms with Crippen LogP contribution in [0, 0.1) is 0 Å². The van der Waals surface area contributed by atoms with Gasteiger partial charge >= 0.3 is 5.97 Å². The predicted octanol–water partition coefficient (Wildman–Crippen LogP) is 2.29. The van der Waals surface area contributed by atoms with Gasteiger partial charge in [0.2, 0.25) is 5.78 Å². The summed E-state index contributed by atoms with van der Waals surface area (Å²) in [5.74, 6) is -0.336. The largest absolute Gasteiger partial charge is 0.477 e. The van der Waals surface area contributed by atoms with E-state index in [0.717, 1.165) is 15.5 Å². The maximum atomic E-state index is 11.0. The van der Waals surface area contributed by atoms with Crippen molar-refractivity contribution in [2.24, 2.45) is 7.05 Å². The summed E-state index contributed by atoms with van der Waals surface area (Å²) in [5, 5.41) is 9.04. The van der Waals surface area contributed by atoms with Crippen molar-refractivity contribution in [3.05, 3.63) is 34.6 Å². The van der Waals surface area contributed by atoms with Crippen LogP contribution in [-0.4, -0.2) is 25.0 Å². The standard InChI is InChI=1S/C11H8BrN3O2/c1-14-9(10(16)17)5-15-8-4-6(12)2-3-7(8)13-11(14)15/h2-5H,1H3,(H,16,17). The van der Waals surface area contributed by atoms with Gasteiger partial charge in [0.05, 0.1) is 11.0 Å². The summed E-state index contributed by atoms with van der Waals surface area (Å²) in [6.45, 7) is 0. The Labute approximate surface area is 104 Å². The molecule has 0 amide bonds. The number of imidazole rings is 2. The molecule has 0 saturated heterocycles. The van der Waals surface area contributed by atoms with Crippen molar-refractivity contribution in [3.8, 4) is 0 Å². The van der Waals surface area contributed by atoms with Crippen LogP contribution >= 0.6 is 15.9 Å². The highest BCUT2D eigenvalue weighted by molar-refractivity contribution is 9.10. The highest BCUT2D eigenvalue weighted by atomic mass is 79.9. The van der Waals surface area contributed by atoms with Gasteiger partial charge in [-0.15, -0.1) is 0 Å². The van der Waals surface area contributed by atoms with Gasteiger partial charge in [-0.3, -0.25) is 4.40 Å². The van der Waals surface area contributed by atoms with Crippen LogP contribution in [0.1, 0.15) is 10.5 Å². The SMILES string of the molecule is Cn1c(C(=O)O)cn2c3cc(Br)ccc3nc12. The number of aromatic carboxylic acids is 1. The number of aryl methyl sites for hydroxylation is 1. The number of hydrogen-bond acceptors (Lipinski definition) is 2. The summed E-state index contributed by atoms with van der Waals surface area (Å²) in [6, 6.07) is 5.72. The molecule has 0 aliphatic heterocycles. The zero-order valence-electron chi connectivity index (χ0n) is 8.88. The number of halogens is 1. The van der Waals surface area contributed by atoms with Gasteiger partial charge in [0, 0.05) is 17.7 Å². The molecule has 0 atom stereocenters. The molecule has 3 aromatic rings. The first-order valence-corrected chi connectivity index (χ1v) is 5.73. The van der Waals surface area contributed by atoms with Crippen LogP contribution in [0.2, 0.25) is 0 Å². The molecule has 0 aliphatic carbocycles. The van der Waals surface area contributed by atoms with Crippen LogP contribution in [-0.2, 0) is 7.05 Å². The lowest BCUT2D eigenvalue weighted by atomic mass is 10.3. The molecular formula is C11H8BrN3O2. The van der Waals surface area contributed by atoms with Crippen molar-refractivity contribution < 1.29 is 9.90 Å².